The standard InChI is InChI=1S/C11H12ClFO5S/c12-10-8(11(15)16)5-7(6-9(10)13)19(17,18)4-2-1-3-14/h5-6,14H,1-4H2,(H,15,16). The molecule has 0 bridgehead atoms. The second-order valence-corrected chi connectivity index (χ2v) is 6.31. The van der Waals surface area contributed by atoms with E-state index in [2.05, 4.69) is 0 Å². The van der Waals surface area contributed by atoms with Gasteiger partial charge in [-0.15, -0.1) is 0 Å². The van der Waals surface area contributed by atoms with Gasteiger partial charge in [-0.1, -0.05) is 11.6 Å². The molecule has 0 saturated heterocycles. The van der Waals surface area contributed by atoms with Crippen molar-refractivity contribution in [3.8, 4) is 0 Å². The van der Waals surface area contributed by atoms with Crippen molar-refractivity contribution in [2.45, 2.75) is 17.7 Å². The summed E-state index contributed by atoms with van der Waals surface area (Å²) in [5, 5.41) is 16.8. The van der Waals surface area contributed by atoms with E-state index in [9.17, 15) is 17.6 Å². The van der Waals surface area contributed by atoms with E-state index < -0.39 is 37.1 Å². The quantitative estimate of drug-likeness (QED) is 0.781. The van der Waals surface area contributed by atoms with E-state index in [4.69, 9.17) is 21.8 Å². The van der Waals surface area contributed by atoms with Crippen LogP contribution >= 0.6 is 11.6 Å². The average molecular weight is 311 g/mol. The van der Waals surface area contributed by atoms with Gasteiger partial charge in [0.1, 0.15) is 5.82 Å². The lowest BCUT2D eigenvalue weighted by molar-refractivity contribution is 0.0696. The lowest BCUT2D eigenvalue weighted by atomic mass is 10.2. The van der Waals surface area contributed by atoms with E-state index >= 15 is 0 Å². The highest BCUT2D eigenvalue weighted by molar-refractivity contribution is 7.91. The molecule has 0 aromatic heterocycles. The Balaban J connectivity index is 3.17. The van der Waals surface area contributed by atoms with Crippen molar-refractivity contribution in [3.63, 3.8) is 0 Å². The minimum Gasteiger partial charge on any atom is -0.478 e. The Bertz CT molecular complexity index is 585. The highest BCUT2D eigenvalue weighted by Gasteiger charge is 2.21. The number of hydrogen-bond acceptors (Lipinski definition) is 4. The van der Waals surface area contributed by atoms with Crippen LogP contribution in [0.25, 0.3) is 0 Å². The monoisotopic (exact) mass is 310 g/mol. The van der Waals surface area contributed by atoms with Crippen LogP contribution in [-0.4, -0.2) is 37.0 Å². The summed E-state index contributed by atoms with van der Waals surface area (Å²) >= 11 is 5.45. The molecule has 1 aromatic rings. The zero-order valence-corrected chi connectivity index (χ0v) is 11.3. The van der Waals surface area contributed by atoms with Crippen molar-refractivity contribution in [3.05, 3.63) is 28.5 Å². The average Bonchev–Trinajstić information content (AvgIpc) is 2.32. The molecule has 19 heavy (non-hydrogen) atoms. The highest BCUT2D eigenvalue weighted by Crippen LogP contribution is 2.25. The predicted molar refractivity (Wildman–Crippen MR) is 66.7 cm³/mol. The van der Waals surface area contributed by atoms with Crippen LogP contribution in [0, 0.1) is 5.82 Å². The van der Waals surface area contributed by atoms with Crippen LogP contribution in [0.4, 0.5) is 4.39 Å². The highest BCUT2D eigenvalue weighted by atomic mass is 35.5. The first-order chi connectivity index (χ1) is 8.79. The van der Waals surface area contributed by atoms with Crippen molar-refractivity contribution in [2.75, 3.05) is 12.4 Å². The predicted octanol–water partition coefficient (Wildman–Crippen LogP) is 1.72. The summed E-state index contributed by atoms with van der Waals surface area (Å²) in [5.41, 5.74) is -0.595. The van der Waals surface area contributed by atoms with E-state index in [-0.39, 0.29) is 18.8 Å². The van der Waals surface area contributed by atoms with E-state index in [0.717, 1.165) is 6.07 Å². The number of aliphatic hydroxyl groups is 1. The Morgan fingerprint density at radius 1 is 1.32 bits per heavy atom. The number of hydrogen-bond donors (Lipinski definition) is 2. The number of sulfone groups is 1. The molecule has 8 heteroatoms. The van der Waals surface area contributed by atoms with Crippen LogP contribution in [0.2, 0.25) is 5.02 Å². The topological polar surface area (TPSA) is 91.7 Å². The minimum atomic E-state index is -3.80. The number of benzene rings is 1. The molecule has 0 aliphatic carbocycles. The molecule has 0 heterocycles. The van der Waals surface area contributed by atoms with Gasteiger partial charge in [-0.3, -0.25) is 0 Å². The SMILES string of the molecule is O=C(O)c1cc(S(=O)(=O)CCCCO)cc(F)c1Cl. The molecule has 0 spiro atoms. The van der Waals surface area contributed by atoms with Gasteiger partial charge in [-0.2, -0.15) is 0 Å². The third kappa shape index (κ3) is 3.89. The first-order valence-corrected chi connectivity index (χ1v) is 7.38. The molecule has 0 atom stereocenters. The fraction of sp³-hybridized carbons (Fsp3) is 0.364. The molecule has 0 aliphatic rings. The van der Waals surface area contributed by atoms with Crippen molar-refractivity contribution in [2.24, 2.45) is 0 Å². The van der Waals surface area contributed by atoms with Crippen LogP contribution in [0.3, 0.4) is 0 Å². The summed E-state index contributed by atoms with van der Waals surface area (Å²) < 4.78 is 37.1. The molecular weight excluding hydrogens is 299 g/mol. The molecule has 0 saturated carbocycles. The number of aliphatic hydroxyl groups excluding tert-OH is 1. The zero-order chi connectivity index (χ0) is 14.6. The van der Waals surface area contributed by atoms with Gasteiger partial charge in [0.15, 0.2) is 9.84 Å². The Hall–Kier alpha value is -1.18. The van der Waals surface area contributed by atoms with Crippen LogP contribution in [0.1, 0.15) is 23.2 Å². The first-order valence-electron chi connectivity index (χ1n) is 5.35. The number of rotatable bonds is 6. The van der Waals surface area contributed by atoms with Crippen molar-refractivity contribution in [1.29, 1.82) is 0 Å². The molecule has 1 aromatic carbocycles. The zero-order valence-electron chi connectivity index (χ0n) is 9.77. The lowest BCUT2D eigenvalue weighted by Crippen LogP contribution is -2.10. The second kappa shape index (κ2) is 6.31. The van der Waals surface area contributed by atoms with Crippen LogP contribution in [-0.2, 0) is 9.84 Å². The number of carbonyl (C=O) groups is 1. The summed E-state index contributed by atoms with van der Waals surface area (Å²) in [4.78, 5) is 10.4. The summed E-state index contributed by atoms with van der Waals surface area (Å²) in [5.74, 6) is -2.90. The number of carboxylic acid groups (broad SMARTS) is 1. The Labute approximate surface area is 114 Å². The van der Waals surface area contributed by atoms with E-state index in [1.165, 1.54) is 0 Å². The van der Waals surface area contributed by atoms with E-state index in [1.807, 2.05) is 0 Å². The Kier molecular flexibility index (Phi) is 5.28. The van der Waals surface area contributed by atoms with Crippen molar-refractivity contribution >= 4 is 27.4 Å². The molecule has 0 fully saturated rings. The summed E-state index contributed by atoms with van der Waals surface area (Å²) in [6.07, 6.45) is 0.493. The molecule has 0 radical (unpaired) electrons. The maximum Gasteiger partial charge on any atom is 0.337 e. The lowest BCUT2D eigenvalue weighted by Gasteiger charge is -2.07. The summed E-state index contributed by atoms with van der Waals surface area (Å²) in [7, 11) is -3.80. The summed E-state index contributed by atoms with van der Waals surface area (Å²) in [6, 6.07) is 1.53. The first kappa shape index (κ1) is 15.9. The third-order valence-corrected chi connectivity index (χ3v) is 4.58. The van der Waals surface area contributed by atoms with Crippen molar-refractivity contribution in [1.82, 2.24) is 0 Å². The molecule has 2 N–H and O–H groups in total. The van der Waals surface area contributed by atoms with Gasteiger partial charge in [0, 0.05) is 6.61 Å². The van der Waals surface area contributed by atoms with Crippen LogP contribution in [0.5, 0.6) is 0 Å². The van der Waals surface area contributed by atoms with Gasteiger partial charge in [0.05, 0.1) is 21.2 Å². The minimum absolute atomic E-state index is 0.148. The largest absolute Gasteiger partial charge is 0.478 e. The molecule has 0 unspecified atom stereocenters. The molecular formula is C11H12ClFO5S. The fourth-order valence-electron chi connectivity index (χ4n) is 1.42. The number of aromatic carboxylic acids is 1. The van der Waals surface area contributed by atoms with Gasteiger partial charge in [0.25, 0.3) is 0 Å². The third-order valence-electron chi connectivity index (χ3n) is 2.41. The van der Waals surface area contributed by atoms with Gasteiger partial charge < -0.3 is 10.2 Å². The number of carboxylic acids is 1. The molecule has 0 amide bonds. The van der Waals surface area contributed by atoms with Gasteiger partial charge in [-0.25, -0.2) is 17.6 Å². The van der Waals surface area contributed by atoms with Gasteiger partial charge in [-0.05, 0) is 25.0 Å². The van der Waals surface area contributed by atoms with Gasteiger partial charge >= 0.3 is 5.97 Å². The fourth-order valence-corrected chi connectivity index (χ4v) is 3.01. The smallest absolute Gasteiger partial charge is 0.337 e. The number of unbranched alkanes of at least 4 members (excludes halogenated alkanes) is 1. The molecule has 1 rings (SSSR count). The van der Waals surface area contributed by atoms with Gasteiger partial charge in [0.2, 0.25) is 0 Å². The maximum absolute atomic E-state index is 13.4. The summed E-state index contributed by atoms with van der Waals surface area (Å²) in [6.45, 7) is -0.148. The van der Waals surface area contributed by atoms with Crippen LogP contribution in [0.15, 0.2) is 17.0 Å². The molecule has 106 valence electrons. The molecule has 0 aliphatic heterocycles. The Morgan fingerprint density at radius 3 is 2.47 bits per heavy atom. The van der Waals surface area contributed by atoms with E-state index in [1.54, 1.807) is 0 Å². The number of halogens is 2. The molecule has 5 nitrogen and oxygen atoms in total. The Morgan fingerprint density at radius 2 is 1.95 bits per heavy atom. The maximum atomic E-state index is 13.4. The van der Waals surface area contributed by atoms with E-state index in [0.29, 0.717) is 12.5 Å². The normalized spacial score (nSPS) is 11.5. The van der Waals surface area contributed by atoms with Crippen LogP contribution < -0.4 is 0 Å². The van der Waals surface area contributed by atoms with Crippen molar-refractivity contribution < 1.29 is 27.8 Å². The second-order valence-electron chi connectivity index (χ2n) is 3.82.